The molecule has 0 aliphatic carbocycles. The molecule has 29 heavy (non-hydrogen) atoms. The van der Waals surface area contributed by atoms with E-state index in [0.29, 0.717) is 34.4 Å². The van der Waals surface area contributed by atoms with Gasteiger partial charge in [-0.2, -0.15) is 0 Å². The molecule has 1 saturated heterocycles. The van der Waals surface area contributed by atoms with Gasteiger partial charge in [0.05, 0.1) is 11.7 Å². The summed E-state index contributed by atoms with van der Waals surface area (Å²) in [5.41, 5.74) is 0.770. The lowest BCUT2D eigenvalue weighted by Crippen LogP contribution is -2.34. The van der Waals surface area contributed by atoms with Crippen LogP contribution in [0.2, 0.25) is 0 Å². The molecule has 1 aromatic carbocycles. The van der Waals surface area contributed by atoms with E-state index >= 15 is 0 Å². The molecule has 6 nitrogen and oxygen atoms in total. The smallest absolute Gasteiger partial charge is 0.406 e. The number of aromatic nitrogens is 2. The van der Waals surface area contributed by atoms with Crippen molar-refractivity contribution in [2.75, 3.05) is 13.1 Å². The molecule has 0 radical (unpaired) electrons. The molecule has 0 atom stereocenters. The minimum absolute atomic E-state index is 0.0879. The Bertz CT molecular complexity index is 1100. The van der Waals surface area contributed by atoms with Crippen LogP contribution >= 0.6 is 11.3 Å². The molecule has 0 spiro atoms. The van der Waals surface area contributed by atoms with Gasteiger partial charge in [0.2, 0.25) is 5.91 Å². The molecule has 0 N–H and O–H groups in total. The summed E-state index contributed by atoms with van der Waals surface area (Å²) in [6.45, 7) is 1.30. The second kappa shape index (κ2) is 7.51. The Labute approximate surface area is 167 Å². The lowest BCUT2D eigenvalue weighted by Gasteiger charge is -2.15. The summed E-state index contributed by atoms with van der Waals surface area (Å²) in [7, 11) is 0. The largest absolute Gasteiger partial charge is 0.573 e. The summed E-state index contributed by atoms with van der Waals surface area (Å²) in [6.07, 6.45) is -1.49. The van der Waals surface area contributed by atoms with Gasteiger partial charge in [0, 0.05) is 24.0 Å². The van der Waals surface area contributed by atoms with E-state index in [9.17, 15) is 22.8 Å². The second-order valence-corrected chi connectivity index (χ2v) is 7.53. The fourth-order valence-corrected chi connectivity index (χ4v) is 4.25. The number of thiophene rings is 1. The van der Waals surface area contributed by atoms with Crippen LogP contribution in [0.3, 0.4) is 0 Å². The molecule has 1 fully saturated rings. The summed E-state index contributed by atoms with van der Waals surface area (Å²) in [4.78, 5) is 31.9. The van der Waals surface area contributed by atoms with Crippen molar-refractivity contribution in [3.8, 4) is 16.9 Å². The summed E-state index contributed by atoms with van der Waals surface area (Å²) in [6, 6.07) is 5.29. The molecule has 2 aromatic heterocycles. The third-order valence-corrected chi connectivity index (χ3v) is 5.61. The van der Waals surface area contributed by atoms with Crippen molar-refractivity contribution in [2.24, 2.45) is 0 Å². The lowest BCUT2D eigenvalue weighted by molar-refractivity contribution is -0.274. The third-order valence-electron chi connectivity index (χ3n) is 4.72. The van der Waals surface area contributed by atoms with Crippen LogP contribution < -0.4 is 10.3 Å². The predicted molar refractivity (Wildman–Crippen MR) is 102 cm³/mol. The van der Waals surface area contributed by atoms with Gasteiger partial charge in [-0.15, -0.1) is 24.5 Å². The molecular weight excluding hydrogens is 407 g/mol. The van der Waals surface area contributed by atoms with Gasteiger partial charge in [-0.1, -0.05) is 12.1 Å². The summed E-state index contributed by atoms with van der Waals surface area (Å²) >= 11 is 1.26. The van der Waals surface area contributed by atoms with Gasteiger partial charge < -0.3 is 9.64 Å². The van der Waals surface area contributed by atoms with Crippen molar-refractivity contribution in [3.63, 3.8) is 0 Å². The number of amides is 1. The Hall–Kier alpha value is -2.88. The summed E-state index contributed by atoms with van der Waals surface area (Å²) in [5.74, 6) is -0.469. The van der Waals surface area contributed by atoms with Gasteiger partial charge in [0.15, 0.2) is 0 Å². The number of carbonyl (C=O) groups is 1. The van der Waals surface area contributed by atoms with Crippen LogP contribution in [0.25, 0.3) is 21.3 Å². The Balaban J connectivity index is 1.65. The van der Waals surface area contributed by atoms with Crippen molar-refractivity contribution in [2.45, 2.75) is 25.7 Å². The van der Waals surface area contributed by atoms with E-state index in [4.69, 9.17) is 0 Å². The first-order valence-corrected chi connectivity index (χ1v) is 9.80. The zero-order valence-electron chi connectivity index (χ0n) is 15.1. The lowest BCUT2D eigenvalue weighted by atomic mass is 10.1. The fraction of sp³-hybridized carbons (Fsp3) is 0.316. The maximum Gasteiger partial charge on any atom is 0.573 e. The molecular formula is C19H16F3N3O3S. The van der Waals surface area contributed by atoms with Gasteiger partial charge in [-0.25, -0.2) is 4.98 Å². The Morgan fingerprint density at radius 2 is 1.86 bits per heavy atom. The van der Waals surface area contributed by atoms with E-state index < -0.39 is 6.36 Å². The molecule has 4 rings (SSSR count). The van der Waals surface area contributed by atoms with Crippen LogP contribution in [0, 0.1) is 0 Å². The van der Waals surface area contributed by atoms with Crippen molar-refractivity contribution >= 4 is 27.5 Å². The molecule has 1 aliphatic heterocycles. The first kappa shape index (κ1) is 19.4. The number of nitrogens with zero attached hydrogens (tertiary/aromatic N) is 3. The molecule has 1 amide bonds. The molecule has 0 saturated carbocycles. The monoisotopic (exact) mass is 423 g/mol. The summed E-state index contributed by atoms with van der Waals surface area (Å²) in [5, 5.41) is 2.07. The molecule has 10 heteroatoms. The number of likely N-dealkylation sites (tertiary alicyclic amines) is 1. The van der Waals surface area contributed by atoms with Gasteiger partial charge in [0.1, 0.15) is 17.1 Å². The van der Waals surface area contributed by atoms with Gasteiger partial charge in [-0.3, -0.25) is 14.2 Å². The first-order valence-electron chi connectivity index (χ1n) is 8.92. The zero-order valence-corrected chi connectivity index (χ0v) is 15.9. The highest BCUT2D eigenvalue weighted by Gasteiger charge is 2.31. The molecule has 152 valence electrons. The Kier molecular flexibility index (Phi) is 5.03. The van der Waals surface area contributed by atoms with Crippen LogP contribution in [0.1, 0.15) is 12.8 Å². The number of carbonyl (C=O) groups excluding carboxylic acids is 1. The summed E-state index contributed by atoms with van der Waals surface area (Å²) < 4.78 is 42.2. The maximum atomic E-state index is 13.0. The van der Waals surface area contributed by atoms with Crippen LogP contribution in [-0.2, 0) is 11.3 Å². The van der Waals surface area contributed by atoms with Crippen LogP contribution in [0.4, 0.5) is 13.2 Å². The average Bonchev–Trinajstić information content (AvgIpc) is 3.33. The van der Waals surface area contributed by atoms with Crippen molar-refractivity contribution in [3.05, 3.63) is 46.3 Å². The SMILES string of the molecule is O=C(Cn1cnc2scc(-c3ccc(OC(F)(F)F)cc3)c2c1=O)N1CCCC1. The number of fused-ring (bicyclic) bond motifs is 1. The highest BCUT2D eigenvalue weighted by atomic mass is 32.1. The number of alkyl halides is 3. The second-order valence-electron chi connectivity index (χ2n) is 6.67. The number of hydrogen-bond donors (Lipinski definition) is 0. The Morgan fingerprint density at radius 3 is 2.52 bits per heavy atom. The van der Waals surface area contributed by atoms with E-state index in [2.05, 4.69) is 9.72 Å². The van der Waals surface area contributed by atoms with Gasteiger partial charge in [0.25, 0.3) is 5.56 Å². The van der Waals surface area contributed by atoms with Gasteiger partial charge in [-0.05, 0) is 30.5 Å². The normalized spacial score (nSPS) is 14.5. The highest BCUT2D eigenvalue weighted by molar-refractivity contribution is 7.17. The number of rotatable bonds is 4. The number of halogens is 3. The van der Waals surface area contributed by atoms with E-state index in [-0.39, 0.29) is 23.8 Å². The first-order chi connectivity index (χ1) is 13.8. The third kappa shape index (κ3) is 4.12. The standard InChI is InChI=1S/C19H16F3N3O3S/c20-19(21,22)28-13-5-3-12(4-6-13)14-10-29-17-16(14)18(27)25(11-23-17)9-15(26)24-7-1-2-8-24/h3-6,10-11H,1-2,7-9H2. The fourth-order valence-electron chi connectivity index (χ4n) is 3.34. The molecule has 0 unspecified atom stereocenters. The van der Waals surface area contributed by atoms with Crippen LogP contribution in [0.15, 0.2) is 40.8 Å². The van der Waals surface area contributed by atoms with Crippen molar-refractivity contribution in [1.29, 1.82) is 0 Å². The van der Waals surface area contributed by atoms with Crippen molar-refractivity contribution < 1.29 is 22.7 Å². The number of benzene rings is 1. The van der Waals surface area contributed by atoms with Crippen LogP contribution in [-0.4, -0.2) is 39.8 Å². The van der Waals surface area contributed by atoms with E-state index in [0.717, 1.165) is 12.8 Å². The Morgan fingerprint density at radius 1 is 1.17 bits per heavy atom. The van der Waals surface area contributed by atoms with Crippen molar-refractivity contribution in [1.82, 2.24) is 14.5 Å². The number of hydrogen-bond acceptors (Lipinski definition) is 5. The molecule has 3 heterocycles. The maximum absolute atomic E-state index is 13.0. The van der Waals surface area contributed by atoms with E-state index in [1.54, 1.807) is 10.3 Å². The zero-order chi connectivity index (χ0) is 20.6. The minimum Gasteiger partial charge on any atom is -0.406 e. The molecule has 0 bridgehead atoms. The van der Waals surface area contributed by atoms with Crippen LogP contribution in [0.5, 0.6) is 5.75 Å². The van der Waals surface area contributed by atoms with Gasteiger partial charge >= 0.3 is 6.36 Å². The predicted octanol–water partition coefficient (Wildman–Crippen LogP) is 3.65. The minimum atomic E-state index is -4.77. The number of ether oxygens (including phenoxy) is 1. The topological polar surface area (TPSA) is 64.4 Å². The van der Waals surface area contributed by atoms with E-state index in [1.165, 1.54) is 46.5 Å². The average molecular weight is 423 g/mol. The van der Waals surface area contributed by atoms with E-state index in [1.807, 2.05) is 0 Å². The quantitative estimate of drug-likeness (QED) is 0.643. The highest BCUT2D eigenvalue weighted by Crippen LogP contribution is 2.32. The molecule has 3 aromatic rings. The molecule has 1 aliphatic rings.